The predicted octanol–water partition coefficient (Wildman–Crippen LogP) is 7.90. The number of benzene rings is 3. The number of anilines is 1. The summed E-state index contributed by atoms with van der Waals surface area (Å²) in [5.41, 5.74) is 1.40. The van der Waals surface area contributed by atoms with Crippen LogP contribution in [0.15, 0.2) is 71.8 Å². The Bertz CT molecular complexity index is 1810. The average Bonchev–Trinajstić information content (AvgIpc) is 3.40. The highest BCUT2D eigenvalue weighted by Crippen LogP contribution is 2.36. The summed E-state index contributed by atoms with van der Waals surface area (Å²) < 4.78 is 44.1. The molecule has 0 aliphatic rings. The van der Waals surface area contributed by atoms with Gasteiger partial charge in [0.1, 0.15) is 16.5 Å². The number of aromatic carboxylic acids is 1. The molecule has 2 N–H and O–H groups in total. The van der Waals surface area contributed by atoms with E-state index in [1.165, 1.54) is 41.2 Å². The van der Waals surface area contributed by atoms with Crippen LogP contribution >= 0.6 is 23.2 Å². The Morgan fingerprint density at radius 3 is 2.35 bits per heavy atom. The van der Waals surface area contributed by atoms with Crippen LogP contribution in [-0.2, 0) is 16.6 Å². The second kappa shape index (κ2) is 15.7. The number of halogens is 3. The molecule has 0 aliphatic heterocycles. The minimum absolute atomic E-state index is 0.0422. The van der Waals surface area contributed by atoms with E-state index < -0.39 is 26.7 Å². The summed E-state index contributed by atoms with van der Waals surface area (Å²) in [6, 6.07) is 13.7. The van der Waals surface area contributed by atoms with E-state index in [9.17, 15) is 32.8 Å². The molecule has 0 atom stereocenters. The van der Waals surface area contributed by atoms with Crippen LogP contribution in [0.1, 0.15) is 55.1 Å². The van der Waals surface area contributed by atoms with Crippen LogP contribution in [0.5, 0.6) is 5.75 Å². The monoisotopic (exact) mass is 692 g/mol. The summed E-state index contributed by atoms with van der Waals surface area (Å²) in [7, 11) is -4.12. The van der Waals surface area contributed by atoms with Gasteiger partial charge in [-0.1, -0.05) is 54.8 Å². The van der Waals surface area contributed by atoms with Gasteiger partial charge in [-0.15, -0.1) is 0 Å². The molecule has 0 unspecified atom stereocenters. The van der Waals surface area contributed by atoms with Gasteiger partial charge < -0.3 is 10.2 Å². The van der Waals surface area contributed by atoms with Crippen molar-refractivity contribution in [3.8, 4) is 5.75 Å². The molecule has 1 aromatic heterocycles. The van der Waals surface area contributed by atoms with E-state index in [0.717, 1.165) is 22.9 Å². The van der Waals surface area contributed by atoms with E-state index in [1.807, 2.05) is 13.8 Å². The van der Waals surface area contributed by atoms with E-state index >= 15 is 0 Å². The molecule has 1 heterocycles. The van der Waals surface area contributed by atoms with Crippen molar-refractivity contribution in [3.63, 3.8) is 0 Å². The first-order chi connectivity index (χ1) is 21.7. The minimum Gasteiger partial charge on any atom is -0.506 e. The number of phenolic OH excluding ortho intramolecular Hbond substituents is 1. The third-order valence-electron chi connectivity index (χ3n) is 6.63. The van der Waals surface area contributed by atoms with Gasteiger partial charge in [0, 0.05) is 37.0 Å². The van der Waals surface area contributed by atoms with Crippen LogP contribution in [0, 0.1) is 15.9 Å². The first kappa shape index (κ1) is 36.0. The molecular formula is C31H31Cl2FN4O7S. The number of unbranched alkanes of at least 4 members (excludes halogenated alkanes) is 1. The number of aromatic hydroxyl groups is 1. The zero-order valence-electron chi connectivity index (χ0n) is 25.0. The molecule has 0 bridgehead atoms. The highest BCUT2D eigenvalue weighted by molar-refractivity contribution is 7.93. The van der Waals surface area contributed by atoms with E-state index in [2.05, 4.69) is 5.10 Å². The lowest BCUT2D eigenvalue weighted by atomic mass is 10.0. The molecule has 15 heteroatoms. The van der Waals surface area contributed by atoms with Gasteiger partial charge in [-0.3, -0.25) is 19.1 Å². The number of allylic oxidation sites excluding steroid dienone is 1. The molecule has 0 radical (unpaired) electrons. The van der Waals surface area contributed by atoms with Crippen LogP contribution in [0.2, 0.25) is 10.2 Å². The van der Waals surface area contributed by atoms with E-state index in [4.69, 9.17) is 28.3 Å². The van der Waals surface area contributed by atoms with Crippen molar-refractivity contribution >= 4 is 62.2 Å². The number of nitrogens with zero attached hydrogens (tertiary/aromatic N) is 4. The highest BCUT2D eigenvalue weighted by atomic mass is 35.5. The number of nitro benzene ring substituents is 1. The Kier molecular flexibility index (Phi) is 12.3. The fourth-order valence-electron chi connectivity index (χ4n) is 4.26. The van der Waals surface area contributed by atoms with Crippen molar-refractivity contribution in [2.45, 2.75) is 45.1 Å². The molecular weight excluding hydrogens is 662 g/mol. The Balaban J connectivity index is 0.000000402. The smallest absolute Gasteiger partial charge is 0.335 e. The van der Waals surface area contributed by atoms with Crippen molar-refractivity contribution in [1.29, 1.82) is 0 Å². The number of sulfonamides is 1. The fraction of sp³-hybridized carbons (Fsp3) is 0.226. The molecule has 0 aliphatic carbocycles. The standard InChI is InChI=1S/C24H26Cl2FN3O3S.C7H5NO4/c1-4-6-12-30(34(32,33)22-15-29(5-2)28-24(22)26)20-14-17(10-11-21(20)31)13-16(3)23-18(25)8-7-9-19(23)27;9-7(10)5-1-3-6(4-2-5)8(11)12/h7-11,13-15,31H,4-6,12H2,1-3H3;1-4H,(H,9,10)/b16-13+;. The van der Waals surface area contributed by atoms with Gasteiger partial charge in [0.2, 0.25) is 0 Å². The Morgan fingerprint density at radius 2 is 1.80 bits per heavy atom. The maximum Gasteiger partial charge on any atom is 0.335 e. The maximum atomic E-state index is 14.4. The molecule has 4 rings (SSSR count). The van der Waals surface area contributed by atoms with Crippen molar-refractivity contribution in [3.05, 3.63) is 110 Å². The lowest BCUT2D eigenvalue weighted by molar-refractivity contribution is -0.384. The Morgan fingerprint density at radius 1 is 1.13 bits per heavy atom. The normalized spacial score (nSPS) is 11.5. The number of carboxylic acid groups (broad SMARTS) is 1. The van der Waals surface area contributed by atoms with Crippen molar-refractivity contribution in [2.75, 3.05) is 10.8 Å². The average molecular weight is 694 g/mol. The third kappa shape index (κ3) is 8.62. The first-order valence-electron chi connectivity index (χ1n) is 13.9. The highest BCUT2D eigenvalue weighted by Gasteiger charge is 2.31. The lowest BCUT2D eigenvalue weighted by Crippen LogP contribution is -2.32. The zero-order chi connectivity index (χ0) is 34.2. The second-order valence-electron chi connectivity index (χ2n) is 9.85. The van der Waals surface area contributed by atoms with Gasteiger partial charge in [0.25, 0.3) is 15.7 Å². The number of aromatic nitrogens is 2. The van der Waals surface area contributed by atoms with E-state index in [0.29, 0.717) is 24.1 Å². The number of aryl methyl sites for hydroxylation is 1. The number of non-ortho nitro benzene ring substituents is 1. The van der Waals surface area contributed by atoms with Gasteiger partial charge in [-0.2, -0.15) is 5.10 Å². The van der Waals surface area contributed by atoms with Gasteiger partial charge in [-0.05, 0) is 67.8 Å². The van der Waals surface area contributed by atoms with Crippen LogP contribution in [-0.4, -0.2) is 45.8 Å². The van der Waals surface area contributed by atoms with Crippen molar-refractivity contribution in [2.24, 2.45) is 0 Å². The molecule has 0 saturated heterocycles. The Hall–Kier alpha value is -4.46. The topological polar surface area (TPSA) is 156 Å². The predicted molar refractivity (Wildman–Crippen MR) is 175 cm³/mol. The lowest BCUT2D eigenvalue weighted by Gasteiger charge is -2.25. The number of nitro groups is 1. The number of carbonyl (C=O) groups is 1. The van der Waals surface area contributed by atoms with Crippen LogP contribution in [0.3, 0.4) is 0 Å². The SMILES string of the molecule is CCCCN(c1cc(/C=C(\C)c2c(F)cccc2Cl)ccc1O)S(=O)(=O)c1cn(CC)nc1Cl.O=C(O)c1ccc([N+](=O)[O-])cc1. The number of hydrogen-bond acceptors (Lipinski definition) is 7. The minimum atomic E-state index is -4.12. The zero-order valence-corrected chi connectivity index (χ0v) is 27.4. The Labute approximate surface area is 275 Å². The summed E-state index contributed by atoms with van der Waals surface area (Å²) >= 11 is 12.3. The number of rotatable bonds is 11. The molecule has 11 nitrogen and oxygen atoms in total. The summed E-state index contributed by atoms with van der Waals surface area (Å²) in [6.45, 7) is 6.05. The largest absolute Gasteiger partial charge is 0.506 e. The molecule has 3 aromatic carbocycles. The molecule has 0 amide bonds. The fourth-order valence-corrected chi connectivity index (χ4v) is 6.53. The number of carboxylic acids is 1. The second-order valence-corrected chi connectivity index (χ2v) is 12.4. The number of hydrogen-bond donors (Lipinski definition) is 2. The molecule has 0 fully saturated rings. The van der Waals surface area contributed by atoms with Crippen LogP contribution in [0.4, 0.5) is 15.8 Å². The van der Waals surface area contributed by atoms with Crippen molar-refractivity contribution < 1.29 is 32.7 Å². The molecule has 4 aromatic rings. The van der Waals surface area contributed by atoms with Crippen molar-refractivity contribution in [1.82, 2.24) is 9.78 Å². The third-order valence-corrected chi connectivity index (χ3v) is 9.15. The quantitative estimate of drug-likeness (QED) is 0.0912. The molecule has 46 heavy (non-hydrogen) atoms. The van der Waals surface area contributed by atoms with Gasteiger partial charge in [-0.25, -0.2) is 17.6 Å². The van der Waals surface area contributed by atoms with Crippen LogP contribution in [0.25, 0.3) is 11.6 Å². The van der Waals surface area contributed by atoms with Gasteiger partial charge in [0.05, 0.1) is 21.2 Å². The molecule has 0 saturated carbocycles. The van der Waals surface area contributed by atoms with Gasteiger partial charge in [0.15, 0.2) is 5.15 Å². The summed E-state index contributed by atoms with van der Waals surface area (Å²) in [5.74, 6) is -1.77. The summed E-state index contributed by atoms with van der Waals surface area (Å²) in [5, 5.41) is 33.4. The number of phenols is 1. The summed E-state index contributed by atoms with van der Waals surface area (Å²) in [6.07, 6.45) is 4.35. The molecule has 0 spiro atoms. The molecule has 244 valence electrons. The first-order valence-corrected chi connectivity index (χ1v) is 16.1. The maximum absolute atomic E-state index is 14.4. The van der Waals surface area contributed by atoms with E-state index in [-0.39, 0.29) is 49.9 Å². The van der Waals surface area contributed by atoms with E-state index in [1.54, 1.807) is 31.2 Å². The van der Waals surface area contributed by atoms with Gasteiger partial charge >= 0.3 is 5.97 Å². The summed E-state index contributed by atoms with van der Waals surface area (Å²) in [4.78, 5) is 19.7. The van der Waals surface area contributed by atoms with Crippen LogP contribution < -0.4 is 4.31 Å².